The highest BCUT2D eigenvalue weighted by atomic mass is 32.2. The zero-order chi connectivity index (χ0) is 15.1. The molecule has 0 fully saturated rings. The molecule has 0 saturated carbocycles. The van der Waals surface area contributed by atoms with E-state index in [2.05, 4.69) is 68.6 Å². The van der Waals surface area contributed by atoms with Gasteiger partial charge in [-0.25, -0.2) is 0 Å². The average Bonchev–Trinajstić information content (AvgIpc) is 2.45. The van der Waals surface area contributed by atoms with Crippen LogP contribution < -0.4 is 5.32 Å². The van der Waals surface area contributed by atoms with Crippen LogP contribution >= 0.6 is 11.8 Å². The zero-order valence-electron chi connectivity index (χ0n) is 13.3. The van der Waals surface area contributed by atoms with Crippen LogP contribution in [-0.4, -0.2) is 6.54 Å². The molecule has 1 nitrogen and oxygen atoms in total. The van der Waals surface area contributed by atoms with E-state index in [4.69, 9.17) is 0 Å². The molecule has 0 atom stereocenters. The number of hydrogen-bond donors (Lipinski definition) is 1. The Morgan fingerprint density at radius 1 is 0.952 bits per heavy atom. The lowest BCUT2D eigenvalue weighted by Gasteiger charge is -2.08. The van der Waals surface area contributed by atoms with Gasteiger partial charge in [-0.15, -0.1) is 11.8 Å². The summed E-state index contributed by atoms with van der Waals surface area (Å²) >= 11 is 1.92. The van der Waals surface area contributed by atoms with E-state index in [9.17, 15) is 0 Å². The molecule has 2 heteroatoms. The van der Waals surface area contributed by atoms with E-state index in [-0.39, 0.29) is 0 Å². The fraction of sp³-hybridized carbons (Fsp3) is 0.368. The van der Waals surface area contributed by atoms with Crippen LogP contribution in [0.3, 0.4) is 0 Å². The van der Waals surface area contributed by atoms with Gasteiger partial charge in [-0.1, -0.05) is 48.4 Å². The average molecular weight is 299 g/mol. The van der Waals surface area contributed by atoms with Crippen LogP contribution in [0.5, 0.6) is 0 Å². The first-order valence-electron chi connectivity index (χ1n) is 7.67. The SMILES string of the molecule is CCCNCc1cccc(SCc2cc(C)cc(C)c2)c1. The fourth-order valence-corrected chi connectivity index (χ4v) is 3.38. The highest BCUT2D eigenvalue weighted by Crippen LogP contribution is 2.24. The molecule has 21 heavy (non-hydrogen) atoms. The summed E-state index contributed by atoms with van der Waals surface area (Å²) in [6, 6.07) is 15.7. The minimum absolute atomic E-state index is 0.964. The quantitative estimate of drug-likeness (QED) is 0.564. The molecule has 2 aromatic carbocycles. The second-order valence-corrected chi connectivity index (χ2v) is 6.66. The summed E-state index contributed by atoms with van der Waals surface area (Å²) in [5, 5.41) is 3.46. The molecule has 0 heterocycles. The van der Waals surface area contributed by atoms with Crippen molar-refractivity contribution in [1.29, 1.82) is 0 Å². The van der Waals surface area contributed by atoms with Crippen LogP contribution in [0.2, 0.25) is 0 Å². The van der Waals surface area contributed by atoms with Crippen LogP contribution in [0.4, 0.5) is 0 Å². The Kier molecular flexibility index (Phi) is 6.34. The number of thioether (sulfide) groups is 1. The lowest BCUT2D eigenvalue weighted by molar-refractivity contribution is 0.674. The number of rotatable bonds is 7. The zero-order valence-corrected chi connectivity index (χ0v) is 14.1. The summed E-state index contributed by atoms with van der Waals surface area (Å²) < 4.78 is 0. The first-order valence-corrected chi connectivity index (χ1v) is 8.65. The van der Waals surface area contributed by atoms with Gasteiger partial charge in [0.15, 0.2) is 0 Å². The van der Waals surface area contributed by atoms with Crippen molar-refractivity contribution in [2.45, 2.75) is 44.4 Å². The molecule has 1 N–H and O–H groups in total. The third kappa shape index (κ3) is 5.56. The second kappa shape index (κ2) is 8.26. The fourth-order valence-electron chi connectivity index (χ4n) is 2.47. The minimum Gasteiger partial charge on any atom is -0.313 e. The van der Waals surface area contributed by atoms with Gasteiger partial charge in [0, 0.05) is 17.2 Å². The van der Waals surface area contributed by atoms with E-state index in [1.165, 1.54) is 33.6 Å². The Bertz CT molecular complexity index is 557. The molecule has 0 saturated heterocycles. The standard InChI is InChI=1S/C19H25NS/c1-4-8-20-13-17-6-5-7-19(12-17)21-14-18-10-15(2)9-16(3)11-18/h5-7,9-12,20H,4,8,13-14H2,1-3H3. The maximum atomic E-state index is 3.46. The summed E-state index contributed by atoms with van der Waals surface area (Å²) in [7, 11) is 0. The highest BCUT2D eigenvalue weighted by Gasteiger charge is 2.00. The molecule has 0 spiro atoms. The summed E-state index contributed by atoms with van der Waals surface area (Å²) in [5.41, 5.74) is 5.48. The minimum atomic E-state index is 0.964. The molecule has 0 bridgehead atoms. The van der Waals surface area contributed by atoms with Gasteiger partial charge in [-0.2, -0.15) is 0 Å². The number of benzene rings is 2. The van der Waals surface area contributed by atoms with Crippen molar-refractivity contribution in [3.63, 3.8) is 0 Å². The number of hydrogen-bond acceptors (Lipinski definition) is 2. The molecule has 2 rings (SSSR count). The van der Waals surface area contributed by atoms with Crippen molar-refractivity contribution >= 4 is 11.8 Å². The van der Waals surface area contributed by atoms with Crippen molar-refractivity contribution in [2.24, 2.45) is 0 Å². The topological polar surface area (TPSA) is 12.0 Å². The van der Waals surface area contributed by atoms with Gasteiger partial charge >= 0.3 is 0 Å². The second-order valence-electron chi connectivity index (χ2n) is 5.61. The van der Waals surface area contributed by atoms with Crippen LogP contribution in [0.15, 0.2) is 47.4 Å². The Labute approximate surface area is 133 Å². The van der Waals surface area contributed by atoms with Crippen molar-refractivity contribution in [3.8, 4) is 0 Å². The maximum absolute atomic E-state index is 3.46. The van der Waals surface area contributed by atoms with Crippen LogP contribution in [-0.2, 0) is 12.3 Å². The van der Waals surface area contributed by atoms with Crippen molar-refractivity contribution in [2.75, 3.05) is 6.54 Å². The summed E-state index contributed by atoms with van der Waals surface area (Å²) in [5.74, 6) is 1.04. The molecule has 112 valence electrons. The lowest BCUT2D eigenvalue weighted by Crippen LogP contribution is -2.13. The maximum Gasteiger partial charge on any atom is 0.0232 e. The van der Waals surface area contributed by atoms with Crippen LogP contribution in [0.25, 0.3) is 0 Å². The third-order valence-electron chi connectivity index (χ3n) is 3.34. The lowest BCUT2D eigenvalue weighted by atomic mass is 10.1. The van der Waals surface area contributed by atoms with Crippen molar-refractivity contribution in [1.82, 2.24) is 5.32 Å². The van der Waals surface area contributed by atoms with E-state index >= 15 is 0 Å². The van der Waals surface area contributed by atoms with Crippen LogP contribution in [0, 0.1) is 13.8 Å². The van der Waals surface area contributed by atoms with E-state index in [1.807, 2.05) is 11.8 Å². The molecule has 0 aromatic heterocycles. The summed E-state index contributed by atoms with van der Waals surface area (Å²) in [4.78, 5) is 1.35. The van der Waals surface area contributed by atoms with E-state index in [0.29, 0.717) is 0 Å². The van der Waals surface area contributed by atoms with Gasteiger partial charge in [0.25, 0.3) is 0 Å². The van der Waals surface area contributed by atoms with Gasteiger partial charge in [0.05, 0.1) is 0 Å². The van der Waals surface area contributed by atoms with E-state index < -0.39 is 0 Å². The first-order chi connectivity index (χ1) is 10.2. The predicted octanol–water partition coefficient (Wildman–Crippen LogP) is 5.10. The Morgan fingerprint density at radius 2 is 1.71 bits per heavy atom. The van der Waals surface area contributed by atoms with E-state index in [1.54, 1.807) is 0 Å². The molecule has 2 aromatic rings. The molecular formula is C19H25NS. The Hall–Kier alpha value is -1.25. The predicted molar refractivity (Wildman–Crippen MR) is 93.9 cm³/mol. The molecule has 0 amide bonds. The van der Waals surface area contributed by atoms with Crippen molar-refractivity contribution < 1.29 is 0 Å². The smallest absolute Gasteiger partial charge is 0.0232 e. The molecule has 0 aliphatic carbocycles. The molecule has 0 unspecified atom stereocenters. The summed E-state index contributed by atoms with van der Waals surface area (Å²) in [6.07, 6.45) is 1.18. The van der Waals surface area contributed by atoms with Gasteiger partial charge in [0.1, 0.15) is 0 Å². The molecule has 0 aliphatic heterocycles. The van der Waals surface area contributed by atoms with Crippen molar-refractivity contribution in [3.05, 3.63) is 64.7 Å². The highest BCUT2D eigenvalue weighted by molar-refractivity contribution is 7.98. The monoisotopic (exact) mass is 299 g/mol. The third-order valence-corrected chi connectivity index (χ3v) is 4.41. The van der Waals surface area contributed by atoms with Gasteiger partial charge in [0.2, 0.25) is 0 Å². The first kappa shape index (κ1) is 16.1. The number of nitrogens with one attached hydrogen (secondary N) is 1. The largest absolute Gasteiger partial charge is 0.313 e. The Balaban J connectivity index is 1.94. The van der Waals surface area contributed by atoms with Gasteiger partial charge < -0.3 is 5.32 Å². The van der Waals surface area contributed by atoms with E-state index in [0.717, 1.165) is 18.8 Å². The molecule has 0 aliphatic rings. The van der Waals surface area contributed by atoms with Crippen LogP contribution in [0.1, 0.15) is 35.6 Å². The summed E-state index contributed by atoms with van der Waals surface area (Å²) in [6.45, 7) is 8.58. The van der Waals surface area contributed by atoms with Gasteiger partial charge in [-0.05, 0) is 50.1 Å². The number of aryl methyl sites for hydroxylation is 2. The molecule has 0 radical (unpaired) electrons. The molecular weight excluding hydrogens is 274 g/mol. The Morgan fingerprint density at radius 3 is 2.43 bits per heavy atom. The van der Waals surface area contributed by atoms with Gasteiger partial charge in [-0.3, -0.25) is 0 Å². The normalized spacial score (nSPS) is 10.8.